The quantitative estimate of drug-likeness (QED) is 0.365. The summed E-state index contributed by atoms with van der Waals surface area (Å²) < 4.78 is 7.64. The number of aromatic nitrogens is 3. The minimum absolute atomic E-state index is 0.0631. The highest BCUT2D eigenvalue weighted by Gasteiger charge is 2.31. The predicted octanol–water partition coefficient (Wildman–Crippen LogP) is 4.94. The number of rotatable bonds is 12. The third kappa shape index (κ3) is 5.90. The summed E-state index contributed by atoms with van der Waals surface area (Å²) in [6, 6.07) is 16.2. The maximum absolute atomic E-state index is 13.6. The molecule has 0 saturated heterocycles. The molecule has 0 spiro atoms. The van der Waals surface area contributed by atoms with Crippen molar-refractivity contribution in [2.45, 2.75) is 64.8 Å². The Morgan fingerprint density at radius 2 is 1.78 bits per heavy atom. The van der Waals surface area contributed by atoms with Gasteiger partial charge in [0.1, 0.15) is 11.5 Å². The highest BCUT2D eigenvalue weighted by atomic mass is 16.5. The fourth-order valence-corrected chi connectivity index (χ4v) is 4.78. The second kappa shape index (κ2) is 12.6. The minimum Gasteiger partial charge on any atom is -0.380 e. The predicted molar refractivity (Wildman–Crippen MR) is 141 cm³/mol. The molecule has 2 aromatic carbocycles. The number of unbranched alkanes of at least 4 members (excludes halogenated alkanes) is 1. The SMILES string of the molecule is CCCCNC(=O)CCC(=O)C1Cc2ccccc2-c2c(nnn2CCOCCC)-c2ccccc21. The van der Waals surface area contributed by atoms with Crippen LogP contribution in [0.3, 0.4) is 0 Å². The van der Waals surface area contributed by atoms with Crippen LogP contribution in [-0.4, -0.2) is 46.4 Å². The molecule has 7 heteroatoms. The second-order valence-corrected chi connectivity index (χ2v) is 9.29. The molecule has 0 aliphatic heterocycles. The van der Waals surface area contributed by atoms with Gasteiger partial charge in [-0.25, -0.2) is 4.68 Å². The van der Waals surface area contributed by atoms with Gasteiger partial charge in [-0.05, 0) is 30.4 Å². The van der Waals surface area contributed by atoms with Crippen molar-refractivity contribution in [2.24, 2.45) is 0 Å². The molecule has 36 heavy (non-hydrogen) atoms. The van der Waals surface area contributed by atoms with Crippen LogP contribution in [-0.2, 0) is 27.3 Å². The zero-order valence-electron chi connectivity index (χ0n) is 21.3. The monoisotopic (exact) mass is 488 g/mol. The van der Waals surface area contributed by atoms with Crippen molar-refractivity contribution < 1.29 is 14.3 Å². The summed E-state index contributed by atoms with van der Waals surface area (Å²) in [5, 5.41) is 12.0. The van der Waals surface area contributed by atoms with E-state index >= 15 is 0 Å². The third-order valence-corrected chi connectivity index (χ3v) is 6.66. The van der Waals surface area contributed by atoms with Crippen molar-refractivity contribution in [3.8, 4) is 22.5 Å². The maximum atomic E-state index is 13.6. The Bertz CT molecular complexity index is 1190. The summed E-state index contributed by atoms with van der Waals surface area (Å²) in [6.07, 6.45) is 3.94. The Morgan fingerprint density at radius 1 is 1.00 bits per heavy atom. The van der Waals surface area contributed by atoms with Gasteiger partial charge in [0.25, 0.3) is 0 Å². The molecular formula is C29H36N4O3. The van der Waals surface area contributed by atoms with Gasteiger partial charge in [-0.2, -0.15) is 0 Å². The third-order valence-electron chi connectivity index (χ3n) is 6.66. The van der Waals surface area contributed by atoms with E-state index in [1.54, 1.807) is 0 Å². The van der Waals surface area contributed by atoms with Crippen LogP contribution in [0.4, 0.5) is 0 Å². The number of fused-ring (bicyclic) bond motifs is 5. The van der Waals surface area contributed by atoms with Crippen LogP contribution < -0.4 is 5.32 Å². The molecular weight excluding hydrogens is 452 g/mol. The molecule has 7 nitrogen and oxygen atoms in total. The van der Waals surface area contributed by atoms with E-state index in [-0.39, 0.29) is 30.4 Å². The zero-order valence-corrected chi connectivity index (χ0v) is 21.3. The normalized spacial score (nSPS) is 14.2. The molecule has 3 aromatic rings. The van der Waals surface area contributed by atoms with Gasteiger partial charge in [-0.3, -0.25) is 9.59 Å². The van der Waals surface area contributed by atoms with E-state index in [1.165, 1.54) is 0 Å². The van der Waals surface area contributed by atoms with Gasteiger partial charge in [0.15, 0.2) is 0 Å². The van der Waals surface area contributed by atoms with Crippen molar-refractivity contribution in [1.82, 2.24) is 20.3 Å². The van der Waals surface area contributed by atoms with Crippen LogP contribution in [0.1, 0.15) is 63.0 Å². The molecule has 0 fully saturated rings. The molecule has 1 N–H and O–H groups in total. The number of ketones is 1. The zero-order chi connectivity index (χ0) is 25.3. The minimum atomic E-state index is -0.350. The average Bonchev–Trinajstić information content (AvgIpc) is 3.31. The smallest absolute Gasteiger partial charge is 0.220 e. The van der Waals surface area contributed by atoms with E-state index in [0.29, 0.717) is 26.1 Å². The number of amides is 1. The van der Waals surface area contributed by atoms with E-state index in [9.17, 15) is 9.59 Å². The van der Waals surface area contributed by atoms with Crippen LogP contribution in [0, 0.1) is 0 Å². The second-order valence-electron chi connectivity index (χ2n) is 9.29. The van der Waals surface area contributed by atoms with Gasteiger partial charge in [0.05, 0.1) is 18.8 Å². The standard InChI is InChI=1S/C29H36N4O3/c1-3-5-16-30-27(35)15-14-26(34)25-20-21-10-6-7-11-22(21)29-28(24-13-9-8-12-23(24)25)31-32-33(29)17-19-36-18-4-2/h6-13,25H,3-5,14-20H2,1-2H3,(H,30,35). The van der Waals surface area contributed by atoms with Crippen LogP contribution >= 0.6 is 0 Å². The molecule has 1 heterocycles. The Balaban J connectivity index is 1.66. The fraction of sp³-hybridized carbons (Fsp3) is 0.448. The van der Waals surface area contributed by atoms with Crippen molar-refractivity contribution in [2.75, 3.05) is 19.8 Å². The molecule has 190 valence electrons. The number of nitrogens with zero attached hydrogens (tertiary/aromatic N) is 3. The summed E-state index contributed by atoms with van der Waals surface area (Å²) in [5.74, 6) is -0.337. The summed E-state index contributed by atoms with van der Waals surface area (Å²) >= 11 is 0. The molecule has 0 radical (unpaired) electrons. The van der Waals surface area contributed by atoms with Gasteiger partial charge in [0.2, 0.25) is 5.91 Å². The first-order chi connectivity index (χ1) is 17.6. The molecule has 1 aliphatic rings. The summed E-state index contributed by atoms with van der Waals surface area (Å²) in [7, 11) is 0. The Kier molecular flexibility index (Phi) is 9.01. The van der Waals surface area contributed by atoms with Crippen molar-refractivity contribution in [1.29, 1.82) is 0 Å². The first-order valence-corrected chi connectivity index (χ1v) is 13.1. The number of benzene rings is 2. The van der Waals surface area contributed by atoms with E-state index in [0.717, 1.165) is 59.5 Å². The lowest BCUT2D eigenvalue weighted by atomic mass is 9.79. The highest BCUT2D eigenvalue weighted by Crippen LogP contribution is 2.41. The molecule has 1 atom stereocenters. The highest BCUT2D eigenvalue weighted by molar-refractivity contribution is 5.93. The number of hydrogen-bond acceptors (Lipinski definition) is 5. The fourth-order valence-electron chi connectivity index (χ4n) is 4.78. The van der Waals surface area contributed by atoms with Crippen molar-refractivity contribution in [3.05, 3.63) is 59.7 Å². The number of Topliss-reactive ketones (excluding diaryl/α,β-unsaturated/α-hetero) is 1. The van der Waals surface area contributed by atoms with Gasteiger partial charge in [-0.1, -0.05) is 74.0 Å². The Labute approximate surface area is 213 Å². The maximum Gasteiger partial charge on any atom is 0.220 e. The number of carbonyl (C=O) groups excluding carboxylic acids is 2. The van der Waals surface area contributed by atoms with Gasteiger partial charge < -0.3 is 10.1 Å². The molecule has 1 unspecified atom stereocenters. The van der Waals surface area contributed by atoms with Gasteiger partial charge >= 0.3 is 0 Å². The number of ether oxygens (including phenoxy) is 1. The van der Waals surface area contributed by atoms with E-state index < -0.39 is 0 Å². The number of carbonyl (C=O) groups is 2. The van der Waals surface area contributed by atoms with Crippen molar-refractivity contribution in [3.63, 3.8) is 0 Å². The average molecular weight is 489 g/mol. The number of hydrogen-bond donors (Lipinski definition) is 1. The molecule has 1 amide bonds. The summed E-state index contributed by atoms with van der Waals surface area (Å²) in [5.41, 5.74) is 5.73. The molecule has 0 saturated carbocycles. The first kappa shape index (κ1) is 25.8. The molecule has 1 aromatic heterocycles. The van der Waals surface area contributed by atoms with Crippen LogP contribution in [0.5, 0.6) is 0 Å². The lowest BCUT2D eigenvalue weighted by Gasteiger charge is -2.24. The molecule has 4 rings (SSSR count). The van der Waals surface area contributed by atoms with Crippen LogP contribution in [0.25, 0.3) is 22.5 Å². The van der Waals surface area contributed by atoms with E-state index in [4.69, 9.17) is 4.74 Å². The first-order valence-electron chi connectivity index (χ1n) is 13.1. The lowest BCUT2D eigenvalue weighted by Crippen LogP contribution is -2.26. The number of nitrogens with one attached hydrogen (secondary N) is 1. The van der Waals surface area contributed by atoms with Crippen LogP contribution in [0.2, 0.25) is 0 Å². The van der Waals surface area contributed by atoms with Gasteiger partial charge in [-0.15, -0.1) is 5.10 Å². The van der Waals surface area contributed by atoms with Crippen molar-refractivity contribution >= 4 is 11.7 Å². The summed E-state index contributed by atoms with van der Waals surface area (Å²) in [4.78, 5) is 25.8. The lowest BCUT2D eigenvalue weighted by molar-refractivity contribution is -0.126. The Morgan fingerprint density at radius 3 is 2.58 bits per heavy atom. The van der Waals surface area contributed by atoms with E-state index in [1.807, 2.05) is 41.1 Å². The summed E-state index contributed by atoms with van der Waals surface area (Å²) in [6.45, 7) is 6.73. The van der Waals surface area contributed by atoms with E-state index in [2.05, 4.69) is 41.6 Å². The largest absolute Gasteiger partial charge is 0.380 e. The van der Waals surface area contributed by atoms with Gasteiger partial charge in [0, 0.05) is 43.0 Å². The topological polar surface area (TPSA) is 86.1 Å². The molecule has 0 bridgehead atoms. The van der Waals surface area contributed by atoms with Crippen LogP contribution in [0.15, 0.2) is 48.5 Å². The Hall–Kier alpha value is -3.32. The molecule has 1 aliphatic carbocycles.